The van der Waals surface area contributed by atoms with E-state index in [4.69, 9.17) is 9.57 Å². The molecule has 0 aliphatic rings. The normalized spacial score (nSPS) is 10.3. The van der Waals surface area contributed by atoms with Gasteiger partial charge in [-0.25, -0.2) is 5.48 Å². The molecule has 0 aromatic heterocycles. The van der Waals surface area contributed by atoms with Crippen molar-refractivity contribution in [1.82, 2.24) is 10.8 Å². The molecule has 0 aromatic rings. The van der Waals surface area contributed by atoms with Crippen molar-refractivity contribution in [1.29, 1.82) is 0 Å². The maximum absolute atomic E-state index is 11.0. The molecular formula is C13H26N2O3. The maximum atomic E-state index is 11.0. The molecule has 5 heteroatoms. The molecule has 0 atom stereocenters. The second kappa shape index (κ2) is 12.5. The van der Waals surface area contributed by atoms with Gasteiger partial charge in [0.05, 0.1) is 13.2 Å². The number of likely N-dealkylation sites (N-methyl/N-ethyl adjacent to an activating group) is 1. The topological polar surface area (TPSA) is 59.6 Å². The van der Waals surface area contributed by atoms with Gasteiger partial charge >= 0.3 is 0 Å². The summed E-state index contributed by atoms with van der Waals surface area (Å²) < 4.78 is 5.40. The zero-order valence-electron chi connectivity index (χ0n) is 11.6. The molecule has 2 N–H and O–H groups in total. The molecule has 5 nitrogen and oxygen atoms in total. The Balaban J connectivity index is 3.07. The largest absolute Gasteiger partial charge is 0.380 e. The second-order valence-electron chi connectivity index (χ2n) is 4.19. The van der Waals surface area contributed by atoms with Crippen LogP contribution in [0.15, 0.2) is 12.2 Å². The number of hydrogen-bond acceptors (Lipinski definition) is 4. The van der Waals surface area contributed by atoms with E-state index in [2.05, 4.69) is 17.4 Å². The van der Waals surface area contributed by atoms with Gasteiger partial charge in [-0.15, -0.1) is 0 Å². The smallest absolute Gasteiger partial charge is 0.269 e. The lowest BCUT2D eigenvalue weighted by atomic mass is 10.2. The summed E-state index contributed by atoms with van der Waals surface area (Å²) in [5, 5.41) is 3.03. The lowest BCUT2D eigenvalue weighted by molar-refractivity contribution is -0.129. The van der Waals surface area contributed by atoms with Crippen LogP contribution in [0.5, 0.6) is 0 Å². The van der Waals surface area contributed by atoms with Gasteiger partial charge in [0.25, 0.3) is 5.91 Å². The van der Waals surface area contributed by atoms with Gasteiger partial charge < -0.3 is 10.1 Å². The van der Waals surface area contributed by atoms with Crippen LogP contribution in [-0.2, 0) is 14.4 Å². The van der Waals surface area contributed by atoms with Crippen molar-refractivity contribution in [2.45, 2.75) is 32.6 Å². The molecule has 106 valence electrons. The summed E-state index contributed by atoms with van der Waals surface area (Å²) in [5.74, 6) is -0.257. The van der Waals surface area contributed by atoms with Gasteiger partial charge in [-0.3, -0.25) is 9.63 Å². The lowest BCUT2D eigenvalue weighted by Gasteiger charge is -2.06. The van der Waals surface area contributed by atoms with Crippen molar-refractivity contribution in [3.63, 3.8) is 0 Å². The number of rotatable bonds is 12. The average molecular weight is 258 g/mol. The first kappa shape index (κ1) is 17.1. The molecule has 18 heavy (non-hydrogen) atoms. The molecule has 0 spiro atoms. The molecule has 0 radical (unpaired) electrons. The van der Waals surface area contributed by atoms with Crippen molar-refractivity contribution in [3.8, 4) is 0 Å². The number of hydrogen-bond donors (Lipinski definition) is 2. The summed E-state index contributed by atoms with van der Waals surface area (Å²) in [7, 11) is 1.91. The minimum atomic E-state index is -0.257. The molecule has 0 heterocycles. The Hall–Kier alpha value is -0.910. The fourth-order valence-corrected chi connectivity index (χ4v) is 1.21. The van der Waals surface area contributed by atoms with E-state index >= 15 is 0 Å². The van der Waals surface area contributed by atoms with E-state index in [1.54, 1.807) is 6.92 Å². The minimum absolute atomic E-state index is 0.257. The Labute approximate surface area is 110 Å². The molecule has 0 aliphatic carbocycles. The molecule has 0 saturated heterocycles. The summed E-state index contributed by atoms with van der Waals surface area (Å²) in [6, 6.07) is 0. The van der Waals surface area contributed by atoms with Crippen molar-refractivity contribution < 1.29 is 14.4 Å². The Bertz CT molecular complexity index is 232. The summed E-state index contributed by atoms with van der Waals surface area (Å²) in [5.41, 5.74) is 2.79. The van der Waals surface area contributed by atoms with Crippen molar-refractivity contribution in [2.75, 3.05) is 33.4 Å². The van der Waals surface area contributed by atoms with Crippen LogP contribution in [0.3, 0.4) is 0 Å². The number of unbranched alkanes of at least 4 members (excludes halogenated alkanes) is 3. The molecule has 0 rings (SSSR count). The zero-order valence-corrected chi connectivity index (χ0v) is 11.6. The quantitative estimate of drug-likeness (QED) is 0.316. The van der Waals surface area contributed by atoms with Crippen LogP contribution in [0.25, 0.3) is 0 Å². The van der Waals surface area contributed by atoms with E-state index in [0.29, 0.717) is 12.2 Å². The van der Waals surface area contributed by atoms with E-state index in [-0.39, 0.29) is 5.91 Å². The number of nitrogens with one attached hydrogen (secondary N) is 2. The van der Waals surface area contributed by atoms with E-state index in [1.807, 2.05) is 7.05 Å². The van der Waals surface area contributed by atoms with Crippen LogP contribution < -0.4 is 10.8 Å². The SMILES string of the molecule is C=C(C)C(=O)NOCCCCCCOCCNC. The first-order chi connectivity index (χ1) is 8.68. The number of ether oxygens (including phenoxy) is 1. The molecule has 1 amide bonds. The van der Waals surface area contributed by atoms with E-state index in [9.17, 15) is 4.79 Å². The van der Waals surface area contributed by atoms with Gasteiger partial charge in [0.2, 0.25) is 0 Å². The molecule has 0 fully saturated rings. The van der Waals surface area contributed by atoms with Crippen LogP contribution in [0.4, 0.5) is 0 Å². The summed E-state index contributed by atoms with van der Waals surface area (Å²) in [6.45, 7) is 8.19. The number of carbonyl (C=O) groups is 1. The third-order valence-electron chi connectivity index (χ3n) is 2.33. The van der Waals surface area contributed by atoms with Gasteiger partial charge in [-0.1, -0.05) is 19.4 Å². The van der Waals surface area contributed by atoms with Crippen molar-refractivity contribution in [3.05, 3.63) is 12.2 Å². The van der Waals surface area contributed by atoms with Crippen LogP contribution in [0.2, 0.25) is 0 Å². The molecule has 0 aliphatic heterocycles. The maximum Gasteiger partial charge on any atom is 0.269 e. The van der Waals surface area contributed by atoms with Gasteiger partial charge in [0.1, 0.15) is 0 Å². The van der Waals surface area contributed by atoms with E-state index in [0.717, 1.165) is 45.4 Å². The Morgan fingerprint density at radius 1 is 1.11 bits per heavy atom. The van der Waals surface area contributed by atoms with Crippen LogP contribution in [0, 0.1) is 0 Å². The fraction of sp³-hybridized carbons (Fsp3) is 0.769. The summed E-state index contributed by atoms with van der Waals surface area (Å²) >= 11 is 0. The Morgan fingerprint density at radius 2 is 1.78 bits per heavy atom. The summed E-state index contributed by atoms with van der Waals surface area (Å²) in [6.07, 6.45) is 4.21. The predicted molar refractivity (Wildman–Crippen MR) is 72.1 cm³/mol. The average Bonchev–Trinajstić information content (AvgIpc) is 2.35. The van der Waals surface area contributed by atoms with Gasteiger partial charge in [0.15, 0.2) is 0 Å². The van der Waals surface area contributed by atoms with Gasteiger partial charge in [-0.05, 0) is 26.8 Å². The number of amides is 1. The highest BCUT2D eigenvalue weighted by Gasteiger charge is 1.99. The fourth-order valence-electron chi connectivity index (χ4n) is 1.21. The Morgan fingerprint density at radius 3 is 2.39 bits per heavy atom. The first-order valence-corrected chi connectivity index (χ1v) is 6.48. The molecule has 0 bridgehead atoms. The molecule has 0 aromatic carbocycles. The van der Waals surface area contributed by atoms with Gasteiger partial charge in [0, 0.05) is 18.7 Å². The molecular weight excluding hydrogens is 232 g/mol. The van der Waals surface area contributed by atoms with Crippen LogP contribution in [-0.4, -0.2) is 39.3 Å². The monoisotopic (exact) mass is 258 g/mol. The number of carbonyl (C=O) groups excluding carboxylic acids is 1. The van der Waals surface area contributed by atoms with Crippen LogP contribution >= 0.6 is 0 Å². The van der Waals surface area contributed by atoms with E-state index < -0.39 is 0 Å². The van der Waals surface area contributed by atoms with Gasteiger partial charge in [-0.2, -0.15) is 0 Å². The zero-order chi connectivity index (χ0) is 13.6. The standard InChI is InChI=1S/C13H26N2O3/c1-12(2)13(16)15-18-10-7-5-4-6-9-17-11-8-14-3/h14H,1,4-11H2,2-3H3,(H,15,16). The molecule has 0 saturated carbocycles. The highest BCUT2D eigenvalue weighted by atomic mass is 16.6. The Kier molecular flexibility index (Phi) is 11.9. The van der Waals surface area contributed by atoms with E-state index in [1.165, 1.54) is 0 Å². The molecule has 0 unspecified atom stereocenters. The highest BCUT2D eigenvalue weighted by Crippen LogP contribution is 2.00. The lowest BCUT2D eigenvalue weighted by Crippen LogP contribution is -2.24. The summed E-state index contributed by atoms with van der Waals surface area (Å²) in [4.78, 5) is 16.1. The predicted octanol–water partition coefficient (Wildman–Crippen LogP) is 1.41. The van der Waals surface area contributed by atoms with Crippen molar-refractivity contribution in [2.24, 2.45) is 0 Å². The number of hydroxylamine groups is 1. The second-order valence-corrected chi connectivity index (χ2v) is 4.19. The third kappa shape index (κ3) is 11.6. The van der Waals surface area contributed by atoms with Crippen LogP contribution in [0.1, 0.15) is 32.6 Å². The first-order valence-electron chi connectivity index (χ1n) is 6.48. The highest BCUT2D eigenvalue weighted by molar-refractivity contribution is 5.91. The van der Waals surface area contributed by atoms with Crippen molar-refractivity contribution >= 4 is 5.91 Å². The minimum Gasteiger partial charge on any atom is -0.380 e. The third-order valence-corrected chi connectivity index (χ3v) is 2.33.